The van der Waals surface area contributed by atoms with Gasteiger partial charge in [0.15, 0.2) is 5.96 Å². The highest BCUT2D eigenvalue weighted by atomic mass is 32.1. The zero-order valence-corrected chi connectivity index (χ0v) is 16.0. The van der Waals surface area contributed by atoms with Gasteiger partial charge in [-0.1, -0.05) is 18.2 Å². The van der Waals surface area contributed by atoms with Gasteiger partial charge in [-0.25, -0.2) is 0 Å². The molecular formula is C19H27N3O2S. The van der Waals surface area contributed by atoms with Gasteiger partial charge in [0.25, 0.3) is 0 Å². The summed E-state index contributed by atoms with van der Waals surface area (Å²) in [7, 11) is 3.46. The average Bonchev–Trinajstić information content (AvgIpc) is 3.13. The molecule has 0 saturated carbocycles. The van der Waals surface area contributed by atoms with Gasteiger partial charge in [0.2, 0.25) is 0 Å². The second kappa shape index (κ2) is 10.7. The molecule has 1 aromatic heterocycles. The van der Waals surface area contributed by atoms with Gasteiger partial charge >= 0.3 is 0 Å². The van der Waals surface area contributed by atoms with Crippen molar-refractivity contribution < 1.29 is 9.47 Å². The number of benzene rings is 1. The van der Waals surface area contributed by atoms with Gasteiger partial charge in [0.05, 0.1) is 6.61 Å². The van der Waals surface area contributed by atoms with E-state index in [0.717, 1.165) is 30.2 Å². The normalized spacial score (nSPS) is 11.4. The zero-order chi connectivity index (χ0) is 17.9. The van der Waals surface area contributed by atoms with E-state index >= 15 is 0 Å². The molecule has 0 radical (unpaired) electrons. The van der Waals surface area contributed by atoms with Crippen molar-refractivity contribution in [3.63, 3.8) is 0 Å². The van der Waals surface area contributed by atoms with Crippen molar-refractivity contribution in [1.29, 1.82) is 0 Å². The van der Waals surface area contributed by atoms with Crippen LogP contribution in [0.15, 0.2) is 40.7 Å². The number of aliphatic imine (C=N–C) groups is 1. The highest BCUT2D eigenvalue weighted by molar-refractivity contribution is 7.09. The summed E-state index contributed by atoms with van der Waals surface area (Å²) in [6.07, 6.45) is 0.994. The van der Waals surface area contributed by atoms with Crippen LogP contribution >= 0.6 is 11.3 Å². The third-order valence-corrected chi connectivity index (χ3v) is 4.62. The second-order valence-electron chi connectivity index (χ2n) is 5.63. The summed E-state index contributed by atoms with van der Waals surface area (Å²) >= 11 is 1.78. The summed E-state index contributed by atoms with van der Waals surface area (Å²) in [6.45, 7) is 4.69. The van der Waals surface area contributed by atoms with E-state index < -0.39 is 0 Å². The fourth-order valence-electron chi connectivity index (χ4n) is 2.34. The van der Waals surface area contributed by atoms with Crippen LogP contribution < -0.4 is 15.4 Å². The van der Waals surface area contributed by atoms with Gasteiger partial charge in [-0.3, -0.25) is 4.99 Å². The molecule has 0 spiro atoms. The molecule has 0 bridgehead atoms. The number of methoxy groups -OCH3 is 1. The number of hydrogen-bond acceptors (Lipinski definition) is 4. The second-order valence-corrected chi connectivity index (χ2v) is 6.67. The van der Waals surface area contributed by atoms with Gasteiger partial charge in [0.1, 0.15) is 12.4 Å². The van der Waals surface area contributed by atoms with E-state index in [1.807, 2.05) is 0 Å². The lowest BCUT2D eigenvalue weighted by molar-refractivity contribution is 0.145. The lowest BCUT2D eigenvalue weighted by Gasteiger charge is -2.15. The molecule has 6 heteroatoms. The van der Waals surface area contributed by atoms with Crippen molar-refractivity contribution in [3.05, 3.63) is 51.7 Å². The number of guanidine groups is 1. The molecule has 0 saturated heterocycles. The summed E-state index contributed by atoms with van der Waals surface area (Å²) in [5.41, 5.74) is 2.28. The van der Waals surface area contributed by atoms with E-state index in [2.05, 4.69) is 58.3 Å². The Bertz CT molecular complexity index is 657. The molecule has 2 aromatic rings. The first kappa shape index (κ1) is 19.3. The molecule has 136 valence electrons. The maximum absolute atomic E-state index is 5.83. The van der Waals surface area contributed by atoms with E-state index in [1.165, 1.54) is 10.4 Å². The summed E-state index contributed by atoms with van der Waals surface area (Å²) in [5.74, 6) is 1.68. The van der Waals surface area contributed by atoms with Crippen LogP contribution in [0.5, 0.6) is 5.75 Å². The topological polar surface area (TPSA) is 54.9 Å². The van der Waals surface area contributed by atoms with E-state index in [0.29, 0.717) is 19.8 Å². The molecule has 0 unspecified atom stereocenters. The van der Waals surface area contributed by atoms with Gasteiger partial charge in [-0.2, -0.15) is 0 Å². The first-order valence-electron chi connectivity index (χ1n) is 8.41. The largest absolute Gasteiger partial charge is 0.491 e. The molecule has 2 N–H and O–H groups in total. The minimum Gasteiger partial charge on any atom is -0.491 e. The summed E-state index contributed by atoms with van der Waals surface area (Å²) in [6, 6.07) is 10.5. The number of ether oxygens (including phenoxy) is 2. The van der Waals surface area contributed by atoms with Crippen LogP contribution in [0.1, 0.15) is 16.0 Å². The van der Waals surface area contributed by atoms with Crippen molar-refractivity contribution in [1.82, 2.24) is 10.6 Å². The number of nitrogens with zero attached hydrogens (tertiary/aromatic N) is 1. The van der Waals surface area contributed by atoms with Crippen molar-refractivity contribution in [3.8, 4) is 5.75 Å². The first-order chi connectivity index (χ1) is 12.2. The fourth-order valence-corrected chi connectivity index (χ4v) is 3.04. The number of aryl methyl sites for hydroxylation is 1. The van der Waals surface area contributed by atoms with Crippen LogP contribution in [0, 0.1) is 6.92 Å². The quantitative estimate of drug-likeness (QED) is 0.410. The van der Waals surface area contributed by atoms with Crippen LogP contribution in [0.4, 0.5) is 0 Å². The molecule has 0 atom stereocenters. The number of thiophene rings is 1. The molecule has 1 heterocycles. The summed E-state index contributed by atoms with van der Waals surface area (Å²) < 4.78 is 10.9. The predicted octanol–water partition coefficient (Wildman–Crippen LogP) is 2.99. The van der Waals surface area contributed by atoms with Crippen molar-refractivity contribution in [2.45, 2.75) is 19.9 Å². The van der Waals surface area contributed by atoms with Crippen LogP contribution in [0.3, 0.4) is 0 Å². The van der Waals surface area contributed by atoms with Crippen LogP contribution in [0.2, 0.25) is 0 Å². The minimum atomic E-state index is 0.542. The van der Waals surface area contributed by atoms with E-state index in [4.69, 9.17) is 9.47 Å². The Hall–Kier alpha value is -2.05. The maximum Gasteiger partial charge on any atom is 0.191 e. The summed E-state index contributed by atoms with van der Waals surface area (Å²) in [5, 5.41) is 8.80. The molecule has 5 nitrogen and oxygen atoms in total. The Morgan fingerprint density at radius 2 is 2.08 bits per heavy atom. The van der Waals surface area contributed by atoms with Gasteiger partial charge < -0.3 is 20.1 Å². The summed E-state index contributed by atoms with van der Waals surface area (Å²) in [4.78, 5) is 5.65. The average molecular weight is 362 g/mol. The van der Waals surface area contributed by atoms with E-state index in [9.17, 15) is 0 Å². The van der Waals surface area contributed by atoms with Crippen molar-refractivity contribution >= 4 is 17.3 Å². The number of hydrogen-bond donors (Lipinski definition) is 2. The minimum absolute atomic E-state index is 0.542. The Kier molecular flexibility index (Phi) is 8.28. The Labute approximate surface area is 154 Å². The molecule has 0 aliphatic rings. The van der Waals surface area contributed by atoms with E-state index in [-0.39, 0.29) is 0 Å². The van der Waals surface area contributed by atoms with Gasteiger partial charge in [-0.05, 0) is 36.4 Å². The smallest absolute Gasteiger partial charge is 0.191 e. The molecule has 0 fully saturated rings. The maximum atomic E-state index is 5.83. The molecule has 0 aliphatic heterocycles. The number of rotatable bonds is 9. The first-order valence-corrected chi connectivity index (χ1v) is 9.29. The van der Waals surface area contributed by atoms with Crippen molar-refractivity contribution in [2.75, 3.05) is 33.9 Å². The Morgan fingerprint density at radius 3 is 2.80 bits per heavy atom. The Morgan fingerprint density at radius 1 is 1.20 bits per heavy atom. The Balaban J connectivity index is 1.85. The molecule has 2 rings (SSSR count). The SMILES string of the molecule is CN=C(NCCc1cccs1)NCc1ccc(C)cc1OCCOC. The van der Waals surface area contributed by atoms with E-state index in [1.54, 1.807) is 25.5 Å². The predicted molar refractivity (Wildman–Crippen MR) is 105 cm³/mol. The van der Waals surface area contributed by atoms with Gasteiger partial charge in [0, 0.05) is 37.7 Å². The third kappa shape index (κ3) is 6.76. The van der Waals surface area contributed by atoms with Crippen LogP contribution in [-0.2, 0) is 17.7 Å². The standard InChI is InChI=1S/C19H27N3O2S/c1-15-6-7-16(18(13-15)24-11-10-23-3)14-22-19(20-2)21-9-8-17-5-4-12-25-17/h4-7,12-13H,8-11,14H2,1-3H3,(H2,20,21,22). The monoisotopic (exact) mass is 361 g/mol. The highest BCUT2D eigenvalue weighted by Gasteiger charge is 2.06. The third-order valence-electron chi connectivity index (χ3n) is 3.68. The van der Waals surface area contributed by atoms with Crippen molar-refractivity contribution in [2.24, 2.45) is 4.99 Å². The zero-order valence-electron chi connectivity index (χ0n) is 15.2. The molecule has 0 aliphatic carbocycles. The van der Waals surface area contributed by atoms with Crippen LogP contribution in [-0.4, -0.2) is 39.9 Å². The number of nitrogens with one attached hydrogen (secondary N) is 2. The fraction of sp³-hybridized carbons (Fsp3) is 0.421. The highest BCUT2D eigenvalue weighted by Crippen LogP contribution is 2.20. The molecule has 25 heavy (non-hydrogen) atoms. The van der Waals surface area contributed by atoms with Crippen LogP contribution in [0.25, 0.3) is 0 Å². The lowest BCUT2D eigenvalue weighted by Crippen LogP contribution is -2.37. The molecular weight excluding hydrogens is 334 g/mol. The molecule has 0 amide bonds. The van der Waals surface area contributed by atoms with Gasteiger partial charge in [-0.15, -0.1) is 11.3 Å². The molecule has 1 aromatic carbocycles. The lowest BCUT2D eigenvalue weighted by atomic mass is 10.1.